The molecule has 256 valence electrons. The van der Waals surface area contributed by atoms with Crippen LogP contribution in [0.2, 0.25) is 0 Å². The van der Waals surface area contributed by atoms with Crippen molar-refractivity contribution in [3.05, 3.63) is 0 Å². The van der Waals surface area contributed by atoms with Gasteiger partial charge >= 0.3 is 0 Å². The second-order valence-electron chi connectivity index (χ2n) is 12.4. The van der Waals surface area contributed by atoms with E-state index in [1.807, 2.05) is 13.8 Å². The Morgan fingerprint density at radius 3 is 1.77 bits per heavy atom. The van der Waals surface area contributed by atoms with E-state index in [4.69, 9.17) is 11.5 Å². The number of carbonyl (C=O) groups excluding carboxylic acids is 4. The molecular formula is C33H64N6O5. The van der Waals surface area contributed by atoms with E-state index in [1.54, 1.807) is 0 Å². The summed E-state index contributed by atoms with van der Waals surface area (Å²) in [5.41, 5.74) is 10.8. The van der Waals surface area contributed by atoms with Crippen molar-refractivity contribution in [3.8, 4) is 0 Å². The number of nitrogens with two attached hydrogens (primary N) is 2. The number of aliphatic hydroxyl groups is 1. The Morgan fingerprint density at radius 1 is 0.750 bits per heavy atom. The molecule has 0 fully saturated rings. The minimum absolute atomic E-state index is 0.0598. The lowest BCUT2D eigenvalue weighted by molar-refractivity contribution is -0.134. The highest BCUT2D eigenvalue weighted by atomic mass is 16.3. The van der Waals surface area contributed by atoms with Crippen LogP contribution in [0.15, 0.2) is 4.99 Å². The summed E-state index contributed by atoms with van der Waals surface area (Å²) in [6, 6.07) is -2.09. The molecule has 0 aromatic heterocycles. The number of aliphatic imine (C=N–C) groups is 1. The number of rotatable bonds is 28. The summed E-state index contributed by atoms with van der Waals surface area (Å²) in [6.07, 6.45) is 17.1. The highest BCUT2D eigenvalue weighted by molar-refractivity contribution is 5.94. The molecule has 0 aliphatic heterocycles. The zero-order chi connectivity index (χ0) is 33.2. The van der Waals surface area contributed by atoms with Crippen LogP contribution in [0.4, 0.5) is 0 Å². The van der Waals surface area contributed by atoms with Gasteiger partial charge < -0.3 is 32.5 Å². The summed E-state index contributed by atoms with van der Waals surface area (Å²) in [7, 11) is 1.51. The third-order valence-corrected chi connectivity index (χ3v) is 7.81. The molecule has 0 radical (unpaired) electrons. The third-order valence-electron chi connectivity index (χ3n) is 7.81. The summed E-state index contributed by atoms with van der Waals surface area (Å²) in [6.45, 7) is 5.83. The van der Waals surface area contributed by atoms with Gasteiger partial charge in [0.2, 0.25) is 17.7 Å². The van der Waals surface area contributed by atoms with Crippen molar-refractivity contribution in [2.45, 2.75) is 148 Å². The number of amides is 3. The third kappa shape index (κ3) is 21.9. The van der Waals surface area contributed by atoms with Crippen molar-refractivity contribution in [3.63, 3.8) is 0 Å². The Morgan fingerprint density at radius 2 is 1.30 bits per heavy atom. The van der Waals surface area contributed by atoms with E-state index < -0.39 is 36.3 Å². The van der Waals surface area contributed by atoms with Gasteiger partial charge in [0, 0.05) is 32.4 Å². The normalized spacial score (nSPS) is 13.1. The number of Topliss-reactive ketones (excluding diaryl/α,β-unsaturated/α-hetero) is 1. The van der Waals surface area contributed by atoms with E-state index in [9.17, 15) is 24.3 Å². The van der Waals surface area contributed by atoms with Crippen molar-refractivity contribution < 1.29 is 24.3 Å². The number of nitrogens with zero attached hydrogens (tertiary/aromatic N) is 1. The molecule has 0 spiro atoms. The Bertz CT molecular complexity index is 831. The van der Waals surface area contributed by atoms with E-state index in [0.717, 1.165) is 19.3 Å². The van der Waals surface area contributed by atoms with E-state index in [-0.39, 0.29) is 43.1 Å². The summed E-state index contributed by atoms with van der Waals surface area (Å²) in [5, 5.41) is 17.8. The van der Waals surface area contributed by atoms with Crippen LogP contribution in [-0.2, 0) is 19.2 Å². The van der Waals surface area contributed by atoms with Crippen molar-refractivity contribution in [1.82, 2.24) is 16.0 Å². The van der Waals surface area contributed by atoms with Crippen LogP contribution in [0.25, 0.3) is 0 Å². The first-order chi connectivity index (χ1) is 21.0. The van der Waals surface area contributed by atoms with Crippen LogP contribution in [0.5, 0.6) is 0 Å². The molecule has 0 bridgehead atoms. The first kappa shape index (κ1) is 41.3. The summed E-state index contributed by atoms with van der Waals surface area (Å²) < 4.78 is 0. The van der Waals surface area contributed by atoms with E-state index >= 15 is 0 Å². The number of unbranched alkanes of at least 4 members (excludes halogenated alkanes) is 12. The molecule has 0 heterocycles. The second-order valence-corrected chi connectivity index (χ2v) is 12.4. The number of nitrogens with one attached hydrogen (secondary N) is 3. The minimum atomic E-state index is -1.18. The van der Waals surface area contributed by atoms with Crippen LogP contribution in [-0.4, -0.2) is 66.9 Å². The van der Waals surface area contributed by atoms with Gasteiger partial charge in [-0.25, -0.2) is 0 Å². The molecular weight excluding hydrogens is 560 g/mol. The Balaban J connectivity index is 4.79. The first-order valence-corrected chi connectivity index (χ1v) is 17.1. The van der Waals surface area contributed by atoms with Gasteiger partial charge in [-0.2, -0.15) is 0 Å². The molecule has 0 saturated carbocycles. The van der Waals surface area contributed by atoms with Gasteiger partial charge in [0.1, 0.15) is 12.1 Å². The maximum atomic E-state index is 13.2. The Hall–Kier alpha value is -2.69. The first-order valence-electron chi connectivity index (χ1n) is 17.1. The largest absolute Gasteiger partial charge is 0.394 e. The smallest absolute Gasteiger partial charge is 0.243 e. The number of carbonyl (C=O) groups is 4. The molecule has 0 aliphatic rings. The molecule has 44 heavy (non-hydrogen) atoms. The van der Waals surface area contributed by atoms with E-state index in [2.05, 4.69) is 27.9 Å². The fourth-order valence-corrected chi connectivity index (χ4v) is 5.28. The predicted molar refractivity (Wildman–Crippen MR) is 178 cm³/mol. The standard InChI is InChI=1S/C33H64N6O5/c1-5-6-7-8-9-10-11-12-13-14-15-16-17-20-30(42)38-27(19-18-21-37-33(34)35)32(44)39-28(24-40)29(41)23-26(22-25(2)3)31(43)36-4/h25-28,40H,5-24H2,1-4H3,(H,36,43)(H,38,42)(H,39,44)(H4,34,35,37)/t26-,27+,28+/m1/s1. The predicted octanol–water partition coefficient (Wildman–Crippen LogP) is 3.85. The van der Waals surface area contributed by atoms with Crippen LogP contribution >= 0.6 is 0 Å². The van der Waals surface area contributed by atoms with E-state index in [1.165, 1.54) is 71.3 Å². The second kappa shape index (κ2) is 26.7. The van der Waals surface area contributed by atoms with Gasteiger partial charge in [0.25, 0.3) is 0 Å². The lowest BCUT2D eigenvalue weighted by Crippen LogP contribution is -2.53. The van der Waals surface area contributed by atoms with Gasteiger partial charge in [-0.3, -0.25) is 24.2 Å². The zero-order valence-corrected chi connectivity index (χ0v) is 28.1. The number of aliphatic hydroxyl groups excluding tert-OH is 1. The highest BCUT2D eigenvalue weighted by Gasteiger charge is 2.29. The lowest BCUT2D eigenvalue weighted by Gasteiger charge is -2.23. The molecule has 11 heteroatoms. The van der Waals surface area contributed by atoms with Gasteiger partial charge in [-0.1, -0.05) is 97.8 Å². The van der Waals surface area contributed by atoms with Crippen LogP contribution < -0.4 is 27.4 Å². The van der Waals surface area contributed by atoms with Gasteiger partial charge in [0.15, 0.2) is 11.7 Å². The van der Waals surface area contributed by atoms with Gasteiger partial charge in [0.05, 0.1) is 6.61 Å². The fraction of sp³-hybridized carbons (Fsp3) is 0.848. The van der Waals surface area contributed by atoms with Crippen molar-refractivity contribution in [2.75, 3.05) is 20.2 Å². The molecule has 0 saturated heterocycles. The molecule has 0 unspecified atom stereocenters. The van der Waals surface area contributed by atoms with E-state index in [0.29, 0.717) is 19.3 Å². The van der Waals surface area contributed by atoms with Crippen LogP contribution in [0.3, 0.4) is 0 Å². The summed E-state index contributed by atoms with van der Waals surface area (Å²) in [5.74, 6) is -1.93. The number of hydrogen-bond donors (Lipinski definition) is 6. The molecule has 8 N–H and O–H groups in total. The van der Waals surface area contributed by atoms with Gasteiger partial charge in [-0.05, 0) is 31.6 Å². The van der Waals surface area contributed by atoms with Crippen molar-refractivity contribution in [2.24, 2.45) is 28.3 Å². The SMILES string of the molecule is CCCCCCCCCCCCCCCC(=O)N[C@@H](CCCN=C(N)N)C(=O)N[C@@H](CO)C(=O)C[C@@H](CC(C)C)C(=O)NC. The maximum Gasteiger partial charge on any atom is 0.243 e. The lowest BCUT2D eigenvalue weighted by atomic mass is 9.90. The van der Waals surface area contributed by atoms with Gasteiger partial charge in [-0.15, -0.1) is 0 Å². The minimum Gasteiger partial charge on any atom is -0.394 e. The van der Waals surface area contributed by atoms with Crippen LogP contribution in [0, 0.1) is 11.8 Å². The number of guanidine groups is 1. The van der Waals surface area contributed by atoms with Crippen LogP contribution in [0.1, 0.15) is 136 Å². The summed E-state index contributed by atoms with van der Waals surface area (Å²) >= 11 is 0. The average Bonchev–Trinajstić information content (AvgIpc) is 2.98. The molecule has 3 atom stereocenters. The molecule has 3 amide bonds. The van der Waals surface area contributed by atoms with Crippen molar-refractivity contribution >= 4 is 29.5 Å². The van der Waals surface area contributed by atoms with Crippen molar-refractivity contribution in [1.29, 1.82) is 0 Å². The highest BCUT2D eigenvalue weighted by Crippen LogP contribution is 2.17. The zero-order valence-electron chi connectivity index (χ0n) is 28.1. The number of ketones is 1. The molecule has 0 aromatic rings. The molecule has 11 nitrogen and oxygen atoms in total. The number of hydrogen-bond acceptors (Lipinski definition) is 6. The maximum absolute atomic E-state index is 13.2. The fourth-order valence-electron chi connectivity index (χ4n) is 5.28. The summed E-state index contributed by atoms with van der Waals surface area (Å²) in [4.78, 5) is 55.1. The monoisotopic (exact) mass is 624 g/mol. The average molecular weight is 625 g/mol. The Kier molecular flexibility index (Phi) is 25.1. The Labute approximate surface area is 266 Å². The molecule has 0 rings (SSSR count). The molecule has 0 aromatic carbocycles. The topological polar surface area (TPSA) is 189 Å². The molecule has 0 aliphatic carbocycles. The quantitative estimate of drug-likeness (QED) is 0.0433.